The van der Waals surface area contributed by atoms with Gasteiger partial charge in [-0.25, -0.2) is 12.8 Å². The summed E-state index contributed by atoms with van der Waals surface area (Å²) in [6, 6.07) is 12.1. The van der Waals surface area contributed by atoms with Crippen molar-refractivity contribution in [2.24, 2.45) is 0 Å². The quantitative estimate of drug-likeness (QED) is 0.798. The molecule has 0 heterocycles. The number of halogens is 1. The topological polar surface area (TPSA) is 66.5 Å². The fourth-order valence-corrected chi connectivity index (χ4v) is 4.92. The molecule has 0 saturated heterocycles. The van der Waals surface area contributed by atoms with Crippen LogP contribution in [0.25, 0.3) is 0 Å². The molecule has 0 atom stereocenters. The highest BCUT2D eigenvalue weighted by molar-refractivity contribution is 7.89. The highest BCUT2D eigenvalue weighted by atomic mass is 32.2. The van der Waals surface area contributed by atoms with Crippen LogP contribution in [0, 0.1) is 5.82 Å². The van der Waals surface area contributed by atoms with Crippen molar-refractivity contribution >= 4 is 15.9 Å². The summed E-state index contributed by atoms with van der Waals surface area (Å²) in [5, 5.41) is 2.65. The van der Waals surface area contributed by atoms with E-state index in [4.69, 9.17) is 0 Å². The van der Waals surface area contributed by atoms with Crippen LogP contribution in [0.15, 0.2) is 53.4 Å². The lowest BCUT2D eigenvalue weighted by Crippen LogP contribution is -2.38. The SMILES string of the molecule is CN(C1CCCCC1)S(=O)(=O)c1ccc(C(=O)NCc2ccccc2F)cc1. The predicted molar refractivity (Wildman–Crippen MR) is 106 cm³/mol. The van der Waals surface area contributed by atoms with Gasteiger partial charge in [0.05, 0.1) is 4.90 Å². The van der Waals surface area contributed by atoms with Crippen LogP contribution in [-0.2, 0) is 16.6 Å². The van der Waals surface area contributed by atoms with E-state index in [1.807, 2.05) is 0 Å². The molecule has 7 heteroatoms. The number of benzene rings is 2. The monoisotopic (exact) mass is 404 g/mol. The van der Waals surface area contributed by atoms with E-state index >= 15 is 0 Å². The second-order valence-electron chi connectivity index (χ2n) is 7.11. The van der Waals surface area contributed by atoms with Crippen LogP contribution in [0.1, 0.15) is 48.0 Å². The second-order valence-corrected chi connectivity index (χ2v) is 9.11. The molecular formula is C21H25FN2O3S. The average Bonchev–Trinajstić information content (AvgIpc) is 2.73. The molecule has 0 radical (unpaired) electrons. The van der Waals surface area contributed by atoms with Crippen molar-refractivity contribution in [3.63, 3.8) is 0 Å². The minimum Gasteiger partial charge on any atom is -0.348 e. The number of hydrogen-bond acceptors (Lipinski definition) is 3. The third-order valence-electron chi connectivity index (χ3n) is 5.28. The fourth-order valence-electron chi connectivity index (χ4n) is 3.50. The first-order valence-corrected chi connectivity index (χ1v) is 10.9. The van der Waals surface area contributed by atoms with Gasteiger partial charge >= 0.3 is 0 Å². The van der Waals surface area contributed by atoms with E-state index < -0.39 is 10.0 Å². The molecule has 3 rings (SSSR count). The Hall–Kier alpha value is -2.25. The van der Waals surface area contributed by atoms with E-state index in [0.717, 1.165) is 32.1 Å². The van der Waals surface area contributed by atoms with E-state index in [1.165, 1.54) is 34.6 Å². The van der Waals surface area contributed by atoms with Crippen LogP contribution in [0.5, 0.6) is 0 Å². The molecule has 1 fully saturated rings. The highest BCUT2D eigenvalue weighted by Crippen LogP contribution is 2.26. The molecule has 150 valence electrons. The summed E-state index contributed by atoms with van der Waals surface area (Å²) in [6.07, 6.45) is 5.01. The van der Waals surface area contributed by atoms with Gasteiger partial charge in [0.1, 0.15) is 5.82 Å². The van der Waals surface area contributed by atoms with E-state index in [9.17, 15) is 17.6 Å². The van der Waals surface area contributed by atoms with Crippen molar-refractivity contribution in [2.45, 2.75) is 49.6 Å². The molecule has 0 aliphatic heterocycles. The summed E-state index contributed by atoms with van der Waals surface area (Å²) < 4.78 is 40.8. The Morgan fingerprint density at radius 2 is 1.71 bits per heavy atom. The Kier molecular flexibility index (Phi) is 6.46. The summed E-state index contributed by atoms with van der Waals surface area (Å²) in [5.41, 5.74) is 0.722. The number of carbonyl (C=O) groups excluding carboxylic acids is 1. The zero-order chi connectivity index (χ0) is 20.1. The molecular weight excluding hydrogens is 379 g/mol. The zero-order valence-corrected chi connectivity index (χ0v) is 16.7. The molecule has 0 bridgehead atoms. The summed E-state index contributed by atoms with van der Waals surface area (Å²) in [4.78, 5) is 12.5. The van der Waals surface area contributed by atoms with E-state index in [-0.39, 0.29) is 29.2 Å². The maximum Gasteiger partial charge on any atom is 0.251 e. The number of rotatable bonds is 6. The van der Waals surface area contributed by atoms with Crippen molar-refractivity contribution in [2.75, 3.05) is 7.05 Å². The molecule has 1 aliphatic rings. The van der Waals surface area contributed by atoms with Gasteiger partial charge in [0.25, 0.3) is 5.91 Å². The molecule has 1 amide bonds. The number of amides is 1. The minimum absolute atomic E-state index is 0.0301. The molecule has 0 unspecified atom stereocenters. The molecule has 1 saturated carbocycles. The third kappa shape index (κ3) is 4.59. The maximum atomic E-state index is 13.6. The van der Waals surface area contributed by atoms with Crippen LogP contribution >= 0.6 is 0 Å². The standard InChI is InChI=1S/C21H25FN2O3S/c1-24(18-8-3-2-4-9-18)28(26,27)19-13-11-16(12-14-19)21(25)23-15-17-7-5-6-10-20(17)22/h5-7,10-14,18H,2-4,8-9,15H2,1H3,(H,23,25). The zero-order valence-electron chi connectivity index (χ0n) is 15.9. The van der Waals surface area contributed by atoms with Gasteiger partial charge in [-0.15, -0.1) is 0 Å². The molecule has 2 aromatic carbocycles. The second kappa shape index (κ2) is 8.84. The van der Waals surface area contributed by atoms with Crippen molar-refractivity contribution < 1.29 is 17.6 Å². The van der Waals surface area contributed by atoms with Crippen LogP contribution in [-0.4, -0.2) is 31.7 Å². The van der Waals surface area contributed by atoms with Crippen LogP contribution in [0.2, 0.25) is 0 Å². The van der Waals surface area contributed by atoms with Gasteiger partial charge < -0.3 is 5.32 Å². The molecule has 1 N–H and O–H groups in total. The molecule has 28 heavy (non-hydrogen) atoms. The lowest BCUT2D eigenvalue weighted by Gasteiger charge is -2.30. The number of sulfonamides is 1. The van der Waals surface area contributed by atoms with Crippen LogP contribution in [0.4, 0.5) is 4.39 Å². The van der Waals surface area contributed by atoms with E-state index in [2.05, 4.69) is 5.32 Å². The predicted octanol–water partition coefficient (Wildman–Crippen LogP) is 3.71. The summed E-state index contributed by atoms with van der Waals surface area (Å²) in [5.74, 6) is -0.761. The number of nitrogens with zero attached hydrogens (tertiary/aromatic N) is 1. The Bertz CT molecular complexity index is 923. The molecule has 1 aliphatic carbocycles. The normalized spacial score (nSPS) is 15.5. The first-order valence-electron chi connectivity index (χ1n) is 9.49. The van der Waals surface area contributed by atoms with Gasteiger partial charge in [-0.3, -0.25) is 4.79 Å². The fraction of sp³-hybridized carbons (Fsp3) is 0.381. The molecule has 5 nitrogen and oxygen atoms in total. The number of carbonyl (C=O) groups is 1. The largest absolute Gasteiger partial charge is 0.348 e. The van der Waals surface area contributed by atoms with Crippen molar-refractivity contribution in [3.8, 4) is 0 Å². The maximum absolute atomic E-state index is 13.6. The first kappa shape index (κ1) is 20.5. The highest BCUT2D eigenvalue weighted by Gasteiger charge is 2.29. The summed E-state index contributed by atoms with van der Waals surface area (Å²) >= 11 is 0. The van der Waals surface area contributed by atoms with E-state index in [0.29, 0.717) is 11.1 Å². The first-order chi connectivity index (χ1) is 13.4. The molecule has 0 aromatic heterocycles. The van der Waals surface area contributed by atoms with Gasteiger partial charge in [-0.2, -0.15) is 4.31 Å². The Morgan fingerprint density at radius 3 is 2.36 bits per heavy atom. The summed E-state index contributed by atoms with van der Waals surface area (Å²) in [7, 11) is -1.96. The van der Waals surface area contributed by atoms with Crippen molar-refractivity contribution in [1.29, 1.82) is 0 Å². The third-order valence-corrected chi connectivity index (χ3v) is 7.20. The Labute approximate surface area is 165 Å². The minimum atomic E-state index is -3.59. The van der Waals surface area contributed by atoms with Gasteiger partial charge in [0, 0.05) is 30.8 Å². The van der Waals surface area contributed by atoms with Crippen molar-refractivity contribution in [1.82, 2.24) is 9.62 Å². The lowest BCUT2D eigenvalue weighted by atomic mass is 9.96. The van der Waals surface area contributed by atoms with Crippen molar-refractivity contribution in [3.05, 3.63) is 65.5 Å². The van der Waals surface area contributed by atoms with Gasteiger partial charge in [-0.05, 0) is 43.2 Å². The molecule has 2 aromatic rings. The summed E-state index contributed by atoms with van der Waals surface area (Å²) in [6.45, 7) is 0.0655. The Morgan fingerprint density at radius 1 is 1.07 bits per heavy atom. The Balaban J connectivity index is 1.66. The molecule has 0 spiro atoms. The van der Waals surface area contributed by atoms with Gasteiger partial charge in [-0.1, -0.05) is 37.5 Å². The average molecular weight is 405 g/mol. The number of nitrogens with one attached hydrogen (secondary N) is 1. The van der Waals surface area contributed by atoms with Crippen LogP contribution in [0.3, 0.4) is 0 Å². The number of hydrogen-bond donors (Lipinski definition) is 1. The smallest absolute Gasteiger partial charge is 0.251 e. The van der Waals surface area contributed by atoms with Gasteiger partial charge in [0.15, 0.2) is 0 Å². The lowest BCUT2D eigenvalue weighted by molar-refractivity contribution is 0.0950. The van der Waals surface area contributed by atoms with Crippen LogP contribution < -0.4 is 5.32 Å². The van der Waals surface area contributed by atoms with Gasteiger partial charge in [0.2, 0.25) is 10.0 Å². The van der Waals surface area contributed by atoms with E-state index in [1.54, 1.807) is 25.2 Å².